The molecule has 4 aliphatic rings. The topological polar surface area (TPSA) is 55.1 Å². The highest BCUT2D eigenvalue weighted by molar-refractivity contribution is 5.79. The van der Waals surface area contributed by atoms with E-state index in [1.807, 2.05) is 24.3 Å². The Balaban J connectivity index is 1.41. The van der Waals surface area contributed by atoms with E-state index in [0.717, 1.165) is 23.1 Å². The normalized spacial score (nSPS) is 36.7. The SMILES string of the molecule is Nc1cccc(CNC(=O)C2C3CC4CC(C3)CC2C4)c1. The van der Waals surface area contributed by atoms with Crippen molar-refractivity contribution in [1.29, 1.82) is 0 Å². The lowest BCUT2D eigenvalue weighted by Gasteiger charge is -2.53. The monoisotopic (exact) mass is 284 g/mol. The van der Waals surface area contributed by atoms with Gasteiger partial charge in [-0.25, -0.2) is 0 Å². The largest absolute Gasteiger partial charge is 0.399 e. The fourth-order valence-corrected chi connectivity index (χ4v) is 5.36. The second-order valence-electron chi connectivity index (χ2n) is 7.42. The molecule has 21 heavy (non-hydrogen) atoms. The van der Waals surface area contributed by atoms with Gasteiger partial charge in [-0.3, -0.25) is 4.79 Å². The molecule has 4 aliphatic carbocycles. The van der Waals surface area contributed by atoms with Gasteiger partial charge in [0, 0.05) is 18.2 Å². The van der Waals surface area contributed by atoms with Crippen molar-refractivity contribution in [2.75, 3.05) is 5.73 Å². The highest BCUT2D eigenvalue weighted by Crippen LogP contribution is 2.56. The lowest BCUT2D eigenvalue weighted by Crippen LogP contribution is -2.50. The van der Waals surface area contributed by atoms with Crippen molar-refractivity contribution < 1.29 is 4.79 Å². The summed E-state index contributed by atoms with van der Waals surface area (Å²) in [4.78, 5) is 12.6. The Morgan fingerprint density at radius 2 is 1.76 bits per heavy atom. The van der Waals surface area contributed by atoms with E-state index in [1.54, 1.807) is 0 Å². The maximum atomic E-state index is 12.6. The van der Waals surface area contributed by atoms with Gasteiger partial charge >= 0.3 is 0 Å². The van der Waals surface area contributed by atoms with Gasteiger partial charge in [0.15, 0.2) is 0 Å². The summed E-state index contributed by atoms with van der Waals surface area (Å²) in [6, 6.07) is 7.79. The van der Waals surface area contributed by atoms with E-state index in [0.29, 0.717) is 18.4 Å². The number of amides is 1. The number of nitrogen functional groups attached to an aromatic ring is 1. The molecule has 0 radical (unpaired) electrons. The molecule has 0 spiro atoms. The Hall–Kier alpha value is -1.51. The lowest BCUT2D eigenvalue weighted by atomic mass is 9.51. The molecule has 1 aromatic carbocycles. The first-order valence-electron chi connectivity index (χ1n) is 8.31. The van der Waals surface area contributed by atoms with Crippen LogP contribution in [0.1, 0.15) is 37.7 Å². The molecule has 0 aromatic heterocycles. The summed E-state index contributed by atoms with van der Waals surface area (Å²) >= 11 is 0. The van der Waals surface area contributed by atoms with Crippen LogP contribution < -0.4 is 11.1 Å². The van der Waals surface area contributed by atoms with E-state index in [9.17, 15) is 4.79 Å². The zero-order valence-corrected chi connectivity index (χ0v) is 12.4. The molecule has 0 atom stereocenters. The summed E-state index contributed by atoms with van der Waals surface area (Å²) in [5, 5.41) is 3.16. The molecule has 0 heterocycles. The van der Waals surface area contributed by atoms with Crippen LogP contribution in [0.2, 0.25) is 0 Å². The summed E-state index contributed by atoms with van der Waals surface area (Å²) in [5.74, 6) is 3.71. The molecule has 4 bridgehead atoms. The van der Waals surface area contributed by atoms with Crippen molar-refractivity contribution in [2.24, 2.45) is 29.6 Å². The smallest absolute Gasteiger partial charge is 0.223 e. The number of hydrogen-bond donors (Lipinski definition) is 2. The average molecular weight is 284 g/mol. The first-order valence-corrected chi connectivity index (χ1v) is 8.31. The van der Waals surface area contributed by atoms with Gasteiger partial charge in [-0.1, -0.05) is 12.1 Å². The zero-order valence-electron chi connectivity index (χ0n) is 12.4. The molecule has 4 fully saturated rings. The fraction of sp³-hybridized carbons (Fsp3) is 0.611. The molecule has 0 aliphatic heterocycles. The Morgan fingerprint density at radius 1 is 1.10 bits per heavy atom. The number of nitrogens with one attached hydrogen (secondary N) is 1. The zero-order chi connectivity index (χ0) is 14.4. The summed E-state index contributed by atoms with van der Waals surface area (Å²) in [5.41, 5.74) is 7.64. The predicted molar refractivity (Wildman–Crippen MR) is 83.2 cm³/mol. The van der Waals surface area contributed by atoms with Crippen molar-refractivity contribution >= 4 is 11.6 Å². The third-order valence-electron chi connectivity index (χ3n) is 5.95. The maximum Gasteiger partial charge on any atom is 0.223 e. The molecular weight excluding hydrogens is 260 g/mol. The van der Waals surface area contributed by atoms with E-state index in [1.165, 1.54) is 32.1 Å². The molecule has 3 N–H and O–H groups in total. The maximum absolute atomic E-state index is 12.6. The van der Waals surface area contributed by atoms with Crippen LogP contribution in [0.4, 0.5) is 5.69 Å². The van der Waals surface area contributed by atoms with Gasteiger partial charge in [0.2, 0.25) is 5.91 Å². The van der Waals surface area contributed by atoms with E-state index in [2.05, 4.69) is 5.32 Å². The highest BCUT2D eigenvalue weighted by atomic mass is 16.1. The number of benzene rings is 1. The lowest BCUT2D eigenvalue weighted by molar-refractivity contribution is -0.138. The number of carbonyl (C=O) groups excluding carboxylic acids is 1. The van der Waals surface area contributed by atoms with Gasteiger partial charge in [0.1, 0.15) is 0 Å². The van der Waals surface area contributed by atoms with Gasteiger partial charge in [-0.05, 0) is 73.5 Å². The van der Waals surface area contributed by atoms with Gasteiger partial charge in [0.05, 0.1) is 0 Å². The quantitative estimate of drug-likeness (QED) is 0.838. The number of anilines is 1. The Labute approximate surface area is 126 Å². The highest BCUT2D eigenvalue weighted by Gasteiger charge is 2.50. The molecule has 3 nitrogen and oxygen atoms in total. The fourth-order valence-electron chi connectivity index (χ4n) is 5.36. The number of rotatable bonds is 3. The first-order chi connectivity index (χ1) is 10.2. The van der Waals surface area contributed by atoms with Crippen LogP contribution in [0, 0.1) is 29.6 Å². The molecule has 1 aromatic rings. The van der Waals surface area contributed by atoms with E-state index in [4.69, 9.17) is 5.73 Å². The summed E-state index contributed by atoms with van der Waals surface area (Å²) in [6.07, 6.45) is 6.62. The van der Waals surface area contributed by atoms with Gasteiger partial charge in [-0.2, -0.15) is 0 Å². The summed E-state index contributed by atoms with van der Waals surface area (Å²) < 4.78 is 0. The van der Waals surface area contributed by atoms with Crippen LogP contribution in [0.15, 0.2) is 24.3 Å². The van der Waals surface area contributed by atoms with Crippen molar-refractivity contribution in [3.63, 3.8) is 0 Å². The van der Waals surface area contributed by atoms with Gasteiger partial charge in [-0.15, -0.1) is 0 Å². The third kappa shape index (κ3) is 2.43. The number of carbonyl (C=O) groups is 1. The van der Waals surface area contributed by atoms with Crippen LogP contribution >= 0.6 is 0 Å². The minimum absolute atomic E-state index is 0.277. The minimum atomic E-state index is 0.277. The van der Waals surface area contributed by atoms with Crippen molar-refractivity contribution in [3.8, 4) is 0 Å². The summed E-state index contributed by atoms with van der Waals surface area (Å²) in [7, 11) is 0. The molecule has 112 valence electrons. The number of nitrogens with two attached hydrogens (primary N) is 1. The third-order valence-corrected chi connectivity index (χ3v) is 5.95. The average Bonchev–Trinajstić information content (AvgIpc) is 2.44. The van der Waals surface area contributed by atoms with Crippen molar-refractivity contribution in [2.45, 2.75) is 38.6 Å². The first kappa shape index (κ1) is 13.2. The van der Waals surface area contributed by atoms with Crippen LogP contribution in [0.3, 0.4) is 0 Å². The van der Waals surface area contributed by atoms with E-state index in [-0.39, 0.29) is 11.8 Å². The van der Waals surface area contributed by atoms with Crippen LogP contribution in [-0.2, 0) is 11.3 Å². The van der Waals surface area contributed by atoms with Gasteiger partial charge < -0.3 is 11.1 Å². The predicted octanol–water partition coefficient (Wildman–Crippen LogP) is 2.96. The summed E-state index contributed by atoms with van der Waals surface area (Å²) in [6.45, 7) is 0.604. The van der Waals surface area contributed by atoms with Crippen molar-refractivity contribution in [1.82, 2.24) is 5.32 Å². The minimum Gasteiger partial charge on any atom is -0.399 e. The van der Waals surface area contributed by atoms with Gasteiger partial charge in [0.25, 0.3) is 0 Å². The Morgan fingerprint density at radius 3 is 2.38 bits per heavy atom. The van der Waals surface area contributed by atoms with E-state index >= 15 is 0 Å². The van der Waals surface area contributed by atoms with Crippen LogP contribution in [-0.4, -0.2) is 5.91 Å². The van der Waals surface area contributed by atoms with Crippen LogP contribution in [0.5, 0.6) is 0 Å². The Bertz CT molecular complexity index is 526. The second-order valence-corrected chi connectivity index (χ2v) is 7.42. The van der Waals surface area contributed by atoms with Crippen molar-refractivity contribution in [3.05, 3.63) is 29.8 Å². The number of hydrogen-bond acceptors (Lipinski definition) is 2. The molecule has 3 heteroatoms. The standard InChI is InChI=1S/C18H24N2O/c19-16-3-1-2-11(9-16)10-20-18(21)17-14-5-12-4-13(7-14)8-15(17)6-12/h1-3,9,12-15,17H,4-8,10,19H2,(H,20,21). The molecular formula is C18H24N2O. The second kappa shape index (κ2) is 5.04. The molecule has 0 unspecified atom stereocenters. The molecule has 5 rings (SSSR count). The van der Waals surface area contributed by atoms with E-state index < -0.39 is 0 Å². The molecule has 0 saturated heterocycles. The van der Waals surface area contributed by atoms with Crippen LogP contribution in [0.25, 0.3) is 0 Å². The molecule has 1 amide bonds. The Kier molecular flexibility index (Phi) is 3.16. The molecule has 4 saturated carbocycles.